The molecule has 10 heteroatoms. The fourth-order valence-corrected chi connectivity index (χ4v) is 2.25. The summed E-state index contributed by atoms with van der Waals surface area (Å²) in [6.45, 7) is 0. The molecule has 1 aliphatic carbocycles. The lowest BCUT2D eigenvalue weighted by atomic mass is 9.86. The van der Waals surface area contributed by atoms with Crippen molar-refractivity contribution in [2.45, 2.75) is 24.2 Å². The van der Waals surface area contributed by atoms with Crippen LogP contribution in [0.2, 0.25) is 0 Å². The molecule has 132 valence electrons. The highest BCUT2D eigenvalue weighted by Crippen LogP contribution is 2.41. The average molecular weight is 354 g/mol. The second-order valence-electron chi connectivity index (χ2n) is 5.27. The van der Waals surface area contributed by atoms with E-state index in [0.29, 0.717) is 18.2 Å². The first-order chi connectivity index (χ1) is 10.7. The van der Waals surface area contributed by atoms with Crippen LogP contribution in [0.3, 0.4) is 0 Å². The van der Waals surface area contributed by atoms with Gasteiger partial charge in [0, 0.05) is 5.69 Å². The predicted octanol–water partition coefficient (Wildman–Crippen LogP) is 2.18. The number of benzene rings is 1. The first-order valence-corrected chi connectivity index (χ1v) is 6.42. The standard InChI is InChI=1S/C14H12F6N2O2/c15-13(16,17)8-1-6(2-9(21)5-8)7-3-10(14(18,19)20)12(23,24)11(22)4-7/h1-5,11,23-24H,21-22H2. The highest BCUT2D eigenvalue weighted by Gasteiger charge is 2.51. The van der Waals surface area contributed by atoms with Crippen molar-refractivity contribution in [2.75, 3.05) is 5.73 Å². The third kappa shape index (κ3) is 3.40. The Morgan fingerprint density at radius 2 is 1.54 bits per heavy atom. The number of nitrogens with two attached hydrogens (primary N) is 2. The summed E-state index contributed by atoms with van der Waals surface area (Å²) >= 11 is 0. The number of nitrogen functional groups attached to an aromatic ring is 1. The van der Waals surface area contributed by atoms with Gasteiger partial charge in [-0.15, -0.1) is 0 Å². The van der Waals surface area contributed by atoms with Crippen LogP contribution >= 0.6 is 0 Å². The summed E-state index contributed by atoms with van der Waals surface area (Å²) in [5, 5.41) is 19.1. The highest BCUT2D eigenvalue weighted by molar-refractivity contribution is 5.79. The lowest BCUT2D eigenvalue weighted by Gasteiger charge is -2.34. The molecule has 0 saturated carbocycles. The smallest absolute Gasteiger partial charge is 0.399 e. The molecule has 4 nitrogen and oxygen atoms in total. The first kappa shape index (κ1) is 18.3. The van der Waals surface area contributed by atoms with Crippen molar-refractivity contribution in [3.05, 3.63) is 47.1 Å². The van der Waals surface area contributed by atoms with Crippen LogP contribution in [0.4, 0.5) is 32.0 Å². The molecule has 0 spiro atoms. The molecule has 1 aromatic rings. The summed E-state index contributed by atoms with van der Waals surface area (Å²) in [6, 6.07) is 0.356. The summed E-state index contributed by atoms with van der Waals surface area (Å²) in [5.74, 6) is -3.39. The number of anilines is 1. The van der Waals surface area contributed by atoms with Gasteiger partial charge in [0.05, 0.1) is 17.2 Å². The van der Waals surface area contributed by atoms with Gasteiger partial charge in [-0.05, 0) is 35.4 Å². The van der Waals surface area contributed by atoms with E-state index < -0.39 is 35.3 Å². The minimum atomic E-state index is -5.15. The number of hydrogen-bond donors (Lipinski definition) is 4. The Kier molecular flexibility index (Phi) is 4.20. The molecule has 24 heavy (non-hydrogen) atoms. The van der Waals surface area contributed by atoms with Gasteiger partial charge in [0.15, 0.2) is 0 Å². The molecule has 0 radical (unpaired) electrons. The van der Waals surface area contributed by atoms with E-state index in [1.807, 2.05) is 0 Å². The molecule has 0 saturated heterocycles. The van der Waals surface area contributed by atoms with E-state index >= 15 is 0 Å². The number of allylic oxidation sites excluding steroid dienone is 2. The topological polar surface area (TPSA) is 92.5 Å². The van der Waals surface area contributed by atoms with Crippen molar-refractivity contribution in [2.24, 2.45) is 5.73 Å². The second-order valence-corrected chi connectivity index (χ2v) is 5.27. The van der Waals surface area contributed by atoms with Gasteiger partial charge in [0.1, 0.15) is 0 Å². The Morgan fingerprint density at radius 1 is 0.958 bits per heavy atom. The maximum absolute atomic E-state index is 13.0. The minimum absolute atomic E-state index is 0.282. The summed E-state index contributed by atoms with van der Waals surface area (Å²) < 4.78 is 77.3. The molecule has 1 aliphatic rings. The number of hydrogen-bond acceptors (Lipinski definition) is 4. The van der Waals surface area contributed by atoms with E-state index in [1.165, 1.54) is 0 Å². The van der Waals surface area contributed by atoms with Gasteiger partial charge in [-0.1, -0.05) is 6.08 Å². The van der Waals surface area contributed by atoms with Gasteiger partial charge in [-0.25, -0.2) is 0 Å². The lowest BCUT2D eigenvalue weighted by molar-refractivity contribution is -0.192. The fourth-order valence-electron chi connectivity index (χ4n) is 2.25. The average Bonchev–Trinajstić information content (AvgIpc) is 2.38. The van der Waals surface area contributed by atoms with Crippen molar-refractivity contribution in [3.8, 4) is 0 Å². The molecule has 0 bridgehead atoms. The maximum Gasteiger partial charge on any atom is 0.417 e. The Bertz CT molecular complexity index is 719. The van der Waals surface area contributed by atoms with Crippen molar-refractivity contribution >= 4 is 11.3 Å². The number of alkyl halides is 6. The lowest BCUT2D eigenvalue weighted by Crippen LogP contribution is -2.53. The molecule has 0 fully saturated rings. The van der Waals surface area contributed by atoms with Crippen molar-refractivity contribution in [1.29, 1.82) is 0 Å². The zero-order valence-electron chi connectivity index (χ0n) is 11.8. The van der Waals surface area contributed by atoms with Crippen molar-refractivity contribution in [1.82, 2.24) is 0 Å². The summed E-state index contributed by atoms with van der Waals surface area (Å²) in [7, 11) is 0. The molecular formula is C14H12F6N2O2. The first-order valence-electron chi connectivity index (χ1n) is 6.42. The number of aliphatic hydroxyl groups is 2. The molecule has 2 rings (SSSR count). The van der Waals surface area contributed by atoms with E-state index in [0.717, 1.165) is 12.1 Å². The van der Waals surface area contributed by atoms with Gasteiger partial charge in [-0.3, -0.25) is 0 Å². The largest absolute Gasteiger partial charge is 0.417 e. The van der Waals surface area contributed by atoms with Crippen LogP contribution in [0, 0.1) is 0 Å². The third-order valence-corrected chi connectivity index (χ3v) is 3.44. The van der Waals surface area contributed by atoms with Gasteiger partial charge < -0.3 is 21.7 Å². The van der Waals surface area contributed by atoms with E-state index in [-0.39, 0.29) is 16.8 Å². The monoisotopic (exact) mass is 354 g/mol. The van der Waals surface area contributed by atoms with E-state index in [2.05, 4.69) is 0 Å². The Hall–Kier alpha value is -2.04. The molecular weight excluding hydrogens is 342 g/mol. The summed E-state index contributed by atoms with van der Waals surface area (Å²) in [4.78, 5) is 0. The molecule has 6 N–H and O–H groups in total. The zero-order chi connectivity index (χ0) is 18.5. The van der Waals surface area contributed by atoms with Gasteiger partial charge >= 0.3 is 12.4 Å². The quantitative estimate of drug-likeness (QED) is 0.353. The van der Waals surface area contributed by atoms with Crippen LogP contribution in [0.1, 0.15) is 11.1 Å². The van der Waals surface area contributed by atoms with Crippen molar-refractivity contribution in [3.63, 3.8) is 0 Å². The second kappa shape index (κ2) is 5.50. The van der Waals surface area contributed by atoms with Crippen LogP contribution in [-0.4, -0.2) is 28.2 Å². The van der Waals surface area contributed by atoms with Crippen LogP contribution in [0.15, 0.2) is 35.9 Å². The van der Waals surface area contributed by atoms with Crippen LogP contribution < -0.4 is 11.5 Å². The Balaban J connectivity index is 2.61. The molecule has 1 unspecified atom stereocenters. The number of halogens is 6. The fraction of sp³-hybridized carbons (Fsp3) is 0.286. The van der Waals surface area contributed by atoms with Crippen LogP contribution in [-0.2, 0) is 6.18 Å². The zero-order valence-corrected chi connectivity index (χ0v) is 11.8. The Morgan fingerprint density at radius 3 is 2.04 bits per heavy atom. The third-order valence-electron chi connectivity index (χ3n) is 3.44. The molecule has 1 aromatic carbocycles. The van der Waals surface area contributed by atoms with Crippen LogP contribution in [0.25, 0.3) is 5.57 Å². The molecule has 0 aromatic heterocycles. The summed E-state index contributed by atoms with van der Waals surface area (Å²) in [6.07, 6.45) is -8.74. The highest BCUT2D eigenvalue weighted by atomic mass is 19.4. The van der Waals surface area contributed by atoms with Crippen molar-refractivity contribution < 1.29 is 36.6 Å². The maximum atomic E-state index is 13.0. The van der Waals surface area contributed by atoms with Gasteiger partial charge in [0.25, 0.3) is 0 Å². The summed E-state index contributed by atoms with van der Waals surface area (Å²) in [5.41, 5.74) is 6.80. The molecule has 0 amide bonds. The predicted molar refractivity (Wildman–Crippen MR) is 73.1 cm³/mol. The van der Waals surface area contributed by atoms with Gasteiger partial charge in [0.2, 0.25) is 5.79 Å². The van der Waals surface area contributed by atoms with E-state index in [9.17, 15) is 36.6 Å². The minimum Gasteiger partial charge on any atom is -0.399 e. The van der Waals surface area contributed by atoms with E-state index in [4.69, 9.17) is 11.5 Å². The molecule has 1 atom stereocenters. The molecule has 0 heterocycles. The van der Waals surface area contributed by atoms with E-state index in [1.54, 1.807) is 0 Å². The van der Waals surface area contributed by atoms with Crippen LogP contribution in [0.5, 0.6) is 0 Å². The molecule has 0 aliphatic heterocycles. The normalized spacial score (nSPS) is 21.3. The van der Waals surface area contributed by atoms with Gasteiger partial charge in [-0.2, -0.15) is 26.3 Å². The Labute approximate surface area is 131 Å². The SMILES string of the molecule is Nc1cc(C2=CC(N)C(O)(O)C(C(F)(F)F)=C2)cc(C(F)(F)F)c1. The number of rotatable bonds is 1.